The molecule has 0 aliphatic carbocycles. The molecule has 0 saturated carbocycles. The van der Waals surface area contributed by atoms with Crippen molar-refractivity contribution in [3.8, 4) is 34.0 Å². The van der Waals surface area contributed by atoms with Gasteiger partial charge >= 0.3 is 6.61 Å². The number of carbonyl (C=O) groups excluding carboxylic acids is 1. The minimum atomic E-state index is -2.88. The number of carbonyl (C=O) groups is 1. The van der Waals surface area contributed by atoms with Crippen LogP contribution in [-0.2, 0) is 0 Å². The van der Waals surface area contributed by atoms with Crippen molar-refractivity contribution in [1.82, 2.24) is 14.8 Å². The fraction of sp³-hybridized carbons (Fsp3) is 0.0385. The lowest BCUT2D eigenvalue weighted by Gasteiger charge is -2.04. The lowest BCUT2D eigenvalue weighted by Crippen LogP contribution is -2.12. The summed E-state index contributed by atoms with van der Waals surface area (Å²) in [6.45, 7) is -2.88. The van der Waals surface area contributed by atoms with Crippen LogP contribution >= 0.6 is 11.3 Å². The van der Waals surface area contributed by atoms with Crippen molar-refractivity contribution in [3.05, 3.63) is 102 Å². The minimum absolute atomic E-state index is 0.0661. The van der Waals surface area contributed by atoms with E-state index in [2.05, 4.69) is 20.1 Å². The van der Waals surface area contributed by atoms with Crippen LogP contribution in [0.4, 0.5) is 13.9 Å². The zero-order chi connectivity index (χ0) is 24.2. The van der Waals surface area contributed by atoms with E-state index in [0.717, 1.165) is 11.3 Å². The highest BCUT2D eigenvalue weighted by Crippen LogP contribution is 2.29. The zero-order valence-corrected chi connectivity index (χ0v) is 19.0. The molecule has 0 spiro atoms. The molecule has 9 heteroatoms. The van der Waals surface area contributed by atoms with Crippen LogP contribution in [0.25, 0.3) is 28.2 Å². The van der Waals surface area contributed by atoms with Crippen molar-refractivity contribution >= 4 is 22.4 Å². The molecule has 174 valence electrons. The molecule has 0 atom stereocenters. The Hall–Kier alpha value is -4.37. The molecule has 35 heavy (non-hydrogen) atoms. The van der Waals surface area contributed by atoms with E-state index in [-0.39, 0.29) is 11.7 Å². The van der Waals surface area contributed by atoms with Gasteiger partial charge in [-0.05, 0) is 36.4 Å². The van der Waals surface area contributed by atoms with Crippen molar-refractivity contribution in [3.63, 3.8) is 0 Å². The molecule has 0 fully saturated rings. The van der Waals surface area contributed by atoms with Gasteiger partial charge in [-0.25, -0.2) is 9.67 Å². The molecule has 1 amide bonds. The van der Waals surface area contributed by atoms with E-state index in [1.165, 1.54) is 23.5 Å². The Bertz CT molecular complexity index is 1440. The van der Waals surface area contributed by atoms with Crippen molar-refractivity contribution < 1.29 is 18.3 Å². The Labute approximate surface area is 203 Å². The van der Waals surface area contributed by atoms with Gasteiger partial charge in [0.25, 0.3) is 5.91 Å². The Morgan fingerprint density at radius 1 is 0.914 bits per heavy atom. The number of aromatic nitrogens is 3. The van der Waals surface area contributed by atoms with Crippen molar-refractivity contribution in [1.29, 1.82) is 0 Å². The Balaban J connectivity index is 1.40. The summed E-state index contributed by atoms with van der Waals surface area (Å²) in [4.78, 5) is 17.7. The number of rotatable bonds is 7. The molecule has 0 unspecified atom stereocenters. The second kappa shape index (κ2) is 9.86. The molecule has 0 bridgehead atoms. The Kier molecular flexibility index (Phi) is 6.32. The SMILES string of the molecule is O=C(Nc1nc(-c2ccc(OC(F)F)cc2)cs1)c1cn(-c2ccccc2)nc1-c1ccccc1. The molecule has 0 aliphatic heterocycles. The van der Waals surface area contributed by atoms with Crippen LogP contribution in [0.5, 0.6) is 5.75 Å². The first-order chi connectivity index (χ1) is 17.1. The number of thiazole rings is 1. The maximum Gasteiger partial charge on any atom is 0.387 e. The van der Waals surface area contributed by atoms with Crippen LogP contribution in [0.15, 0.2) is 96.5 Å². The molecule has 0 aliphatic rings. The highest BCUT2D eigenvalue weighted by molar-refractivity contribution is 7.14. The van der Waals surface area contributed by atoms with Crippen LogP contribution in [0, 0.1) is 0 Å². The summed E-state index contributed by atoms with van der Waals surface area (Å²) in [6, 6.07) is 25.2. The molecule has 6 nitrogen and oxygen atoms in total. The van der Waals surface area contributed by atoms with Crippen LogP contribution in [-0.4, -0.2) is 27.3 Å². The fourth-order valence-corrected chi connectivity index (χ4v) is 4.21. The first-order valence-electron chi connectivity index (χ1n) is 10.6. The number of nitrogens with zero attached hydrogens (tertiary/aromatic N) is 3. The van der Waals surface area contributed by atoms with Crippen LogP contribution < -0.4 is 10.1 Å². The average Bonchev–Trinajstić information content (AvgIpc) is 3.53. The predicted octanol–water partition coefficient (Wildman–Crippen LogP) is 6.52. The number of hydrogen-bond donors (Lipinski definition) is 1. The number of amides is 1. The number of anilines is 1. The second-order valence-corrected chi connectivity index (χ2v) is 8.29. The third kappa shape index (κ3) is 5.10. The number of benzene rings is 3. The van der Waals surface area contributed by atoms with Gasteiger partial charge in [0, 0.05) is 22.7 Å². The van der Waals surface area contributed by atoms with Gasteiger partial charge in [-0.3, -0.25) is 10.1 Å². The van der Waals surface area contributed by atoms with Crippen LogP contribution in [0.3, 0.4) is 0 Å². The number of alkyl halides is 2. The van der Waals surface area contributed by atoms with Gasteiger partial charge < -0.3 is 4.74 Å². The van der Waals surface area contributed by atoms with Gasteiger partial charge in [0.1, 0.15) is 11.4 Å². The largest absolute Gasteiger partial charge is 0.435 e. The molecule has 0 radical (unpaired) electrons. The van der Waals surface area contributed by atoms with Gasteiger partial charge in [0.2, 0.25) is 0 Å². The molecule has 2 aromatic heterocycles. The van der Waals surface area contributed by atoms with Gasteiger partial charge in [-0.1, -0.05) is 48.5 Å². The van der Waals surface area contributed by atoms with Crippen molar-refractivity contribution in [2.24, 2.45) is 0 Å². The smallest absolute Gasteiger partial charge is 0.387 e. The molecular formula is C26H18F2N4O2S. The predicted molar refractivity (Wildman–Crippen MR) is 131 cm³/mol. The first-order valence-corrected chi connectivity index (χ1v) is 11.5. The highest BCUT2D eigenvalue weighted by atomic mass is 32.1. The van der Waals surface area contributed by atoms with Crippen LogP contribution in [0.1, 0.15) is 10.4 Å². The van der Waals surface area contributed by atoms with E-state index < -0.39 is 6.61 Å². The summed E-state index contributed by atoms with van der Waals surface area (Å²) in [5, 5.41) is 9.71. The lowest BCUT2D eigenvalue weighted by molar-refractivity contribution is -0.0498. The number of ether oxygens (including phenoxy) is 1. The van der Waals surface area contributed by atoms with Gasteiger partial charge in [0.05, 0.1) is 16.9 Å². The van der Waals surface area contributed by atoms with Crippen molar-refractivity contribution in [2.75, 3.05) is 5.32 Å². The summed E-state index contributed by atoms with van der Waals surface area (Å²) in [5.41, 5.74) is 3.93. The Morgan fingerprint density at radius 3 is 2.29 bits per heavy atom. The van der Waals surface area contributed by atoms with E-state index in [1.54, 1.807) is 28.4 Å². The van der Waals surface area contributed by atoms with Crippen LogP contribution in [0.2, 0.25) is 0 Å². The first kappa shape index (κ1) is 22.4. The number of halogens is 2. The molecule has 2 heterocycles. The number of nitrogens with one attached hydrogen (secondary N) is 1. The second-order valence-electron chi connectivity index (χ2n) is 7.43. The van der Waals surface area contributed by atoms with E-state index in [4.69, 9.17) is 0 Å². The fourth-order valence-electron chi connectivity index (χ4n) is 3.50. The summed E-state index contributed by atoms with van der Waals surface area (Å²) in [6.07, 6.45) is 1.70. The molecule has 5 aromatic rings. The summed E-state index contributed by atoms with van der Waals surface area (Å²) < 4.78 is 30.8. The third-order valence-corrected chi connectivity index (χ3v) is 5.88. The Morgan fingerprint density at radius 2 is 1.60 bits per heavy atom. The highest BCUT2D eigenvalue weighted by Gasteiger charge is 2.20. The van der Waals surface area contributed by atoms with E-state index >= 15 is 0 Å². The number of para-hydroxylation sites is 1. The van der Waals surface area contributed by atoms with E-state index in [9.17, 15) is 13.6 Å². The van der Waals surface area contributed by atoms with Gasteiger partial charge in [-0.2, -0.15) is 13.9 Å². The maximum absolute atomic E-state index is 13.3. The van der Waals surface area contributed by atoms with Gasteiger partial charge in [0.15, 0.2) is 5.13 Å². The van der Waals surface area contributed by atoms with Crippen molar-refractivity contribution in [2.45, 2.75) is 6.61 Å². The monoisotopic (exact) mass is 488 g/mol. The molecule has 1 N–H and O–H groups in total. The standard InChI is InChI=1S/C26H18F2N4O2S/c27-25(28)34-20-13-11-17(12-14-20)22-16-35-26(29-22)30-24(33)21-15-32(19-9-5-2-6-10-19)31-23(21)18-7-3-1-4-8-18/h1-16,25H,(H,29,30,33). The normalized spacial score (nSPS) is 10.9. The summed E-state index contributed by atoms with van der Waals surface area (Å²) in [7, 11) is 0. The quantitative estimate of drug-likeness (QED) is 0.283. The molecule has 5 rings (SSSR count). The van der Waals surface area contributed by atoms with Gasteiger partial charge in [-0.15, -0.1) is 11.3 Å². The molecular weight excluding hydrogens is 470 g/mol. The molecule has 0 saturated heterocycles. The topological polar surface area (TPSA) is 69.0 Å². The molecule has 3 aromatic carbocycles. The summed E-state index contributed by atoms with van der Waals surface area (Å²) in [5.74, 6) is -0.274. The summed E-state index contributed by atoms with van der Waals surface area (Å²) >= 11 is 1.27. The van der Waals surface area contributed by atoms with E-state index in [0.29, 0.717) is 27.6 Å². The minimum Gasteiger partial charge on any atom is -0.435 e. The van der Waals surface area contributed by atoms with E-state index in [1.807, 2.05) is 60.7 Å². The average molecular weight is 489 g/mol. The lowest BCUT2D eigenvalue weighted by atomic mass is 10.1. The maximum atomic E-state index is 13.3. The zero-order valence-electron chi connectivity index (χ0n) is 18.1. The third-order valence-electron chi connectivity index (χ3n) is 5.13. The number of hydrogen-bond acceptors (Lipinski definition) is 5.